The lowest BCUT2D eigenvalue weighted by atomic mass is 10.2. The molecule has 178 valence electrons. The number of carbonyl (C=O) groups excluding carboxylic acids is 1. The first-order chi connectivity index (χ1) is 16.8. The molecule has 4 aromatic rings. The Hall–Kier alpha value is -3.81. The second-order valence-corrected chi connectivity index (χ2v) is 10.1. The molecule has 4 aromatic carbocycles. The van der Waals surface area contributed by atoms with Crippen LogP contribution in [0.15, 0.2) is 108 Å². The number of sulfonamides is 1. The second-order valence-electron chi connectivity index (χ2n) is 7.76. The molecule has 0 aliphatic carbocycles. The van der Waals surface area contributed by atoms with Crippen molar-refractivity contribution in [3.05, 3.63) is 114 Å². The van der Waals surface area contributed by atoms with E-state index in [2.05, 4.69) is 5.32 Å². The molecule has 0 aromatic heterocycles. The predicted molar refractivity (Wildman–Crippen MR) is 139 cm³/mol. The molecule has 1 N–H and O–H groups in total. The Kier molecular flexibility index (Phi) is 7.39. The highest BCUT2D eigenvalue weighted by Gasteiger charge is 2.27. The molecule has 0 atom stereocenters. The van der Waals surface area contributed by atoms with Crippen LogP contribution in [0.4, 0.5) is 11.4 Å². The van der Waals surface area contributed by atoms with Crippen LogP contribution in [0.3, 0.4) is 0 Å². The standard InChI is InChI=1S/C27H23ClN2O4S/c1-20-14-16-24(17-15-20)35(32,33)30(22-9-7-8-21(28)18-22)19-27(31)29-25-12-5-6-13-26(25)34-23-10-3-2-4-11-23/h2-18H,19H2,1H3,(H,29,31). The maximum Gasteiger partial charge on any atom is 0.264 e. The van der Waals surface area contributed by atoms with Crippen molar-refractivity contribution in [2.45, 2.75) is 11.8 Å². The summed E-state index contributed by atoms with van der Waals surface area (Å²) in [5, 5.41) is 3.13. The van der Waals surface area contributed by atoms with Crippen molar-refractivity contribution in [1.29, 1.82) is 0 Å². The molecule has 35 heavy (non-hydrogen) atoms. The van der Waals surface area contributed by atoms with Crippen LogP contribution < -0.4 is 14.4 Å². The van der Waals surface area contributed by atoms with E-state index in [1.165, 1.54) is 18.2 Å². The summed E-state index contributed by atoms with van der Waals surface area (Å²) in [5.41, 5.74) is 1.62. The summed E-state index contributed by atoms with van der Waals surface area (Å²) in [6.07, 6.45) is 0. The number of nitrogens with one attached hydrogen (secondary N) is 1. The second kappa shape index (κ2) is 10.6. The van der Waals surface area contributed by atoms with Gasteiger partial charge in [-0.1, -0.05) is 65.7 Å². The van der Waals surface area contributed by atoms with E-state index in [1.807, 2.05) is 25.1 Å². The van der Waals surface area contributed by atoms with Crippen LogP contribution in [-0.4, -0.2) is 20.9 Å². The quantitative estimate of drug-likeness (QED) is 0.305. The molecule has 0 unspecified atom stereocenters. The number of halogens is 1. The van der Waals surface area contributed by atoms with Gasteiger partial charge in [0.2, 0.25) is 5.91 Å². The molecular weight excluding hydrogens is 484 g/mol. The number of anilines is 2. The first kappa shape index (κ1) is 24.3. The van der Waals surface area contributed by atoms with Gasteiger partial charge in [-0.15, -0.1) is 0 Å². The van der Waals surface area contributed by atoms with E-state index >= 15 is 0 Å². The lowest BCUT2D eigenvalue weighted by Gasteiger charge is -2.24. The van der Waals surface area contributed by atoms with E-state index in [4.69, 9.17) is 16.3 Å². The van der Waals surface area contributed by atoms with Crippen LogP contribution in [0.25, 0.3) is 0 Å². The molecule has 6 nitrogen and oxygen atoms in total. The third kappa shape index (κ3) is 6.01. The largest absolute Gasteiger partial charge is 0.455 e. The van der Waals surface area contributed by atoms with Gasteiger partial charge in [-0.05, 0) is 61.5 Å². The zero-order valence-electron chi connectivity index (χ0n) is 18.9. The Morgan fingerprint density at radius 1 is 0.886 bits per heavy atom. The van der Waals surface area contributed by atoms with Gasteiger partial charge in [0.1, 0.15) is 12.3 Å². The van der Waals surface area contributed by atoms with Gasteiger partial charge in [-0.2, -0.15) is 0 Å². The lowest BCUT2D eigenvalue weighted by molar-refractivity contribution is -0.114. The highest BCUT2D eigenvalue weighted by molar-refractivity contribution is 7.92. The van der Waals surface area contributed by atoms with Crippen LogP contribution in [0, 0.1) is 6.92 Å². The van der Waals surface area contributed by atoms with Crippen molar-refractivity contribution in [3.8, 4) is 11.5 Å². The van der Waals surface area contributed by atoms with Crippen LogP contribution in [0.1, 0.15) is 5.56 Å². The summed E-state index contributed by atoms with van der Waals surface area (Å²) in [5.74, 6) is 0.504. The normalized spacial score (nSPS) is 11.0. The maximum absolute atomic E-state index is 13.5. The lowest BCUT2D eigenvalue weighted by Crippen LogP contribution is -2.38. The molecule has 0 radical (unpaired) electrons. The van der Waals surface area contributed by atoms with Crippen molar-refractivity contribution in [2.24, 2.45) is 0 Å². The monoisotopic (exact) mass is 506 g/mol. The summed E-state index contributed by atoms with van der Waals surface area (Å²) in [6.45, 7) is 1.41. The Bertz CT molecular complexity index is 1430. The number of hydrogen-bond donors (Lipinski definition) is 1. The van der Waals surface area contributed by atoms with Crippen LogP contribution >= 0.6 is 11.6 Å². The molecule has 8 heteroatoms. The van der Waals surface area contributed by atoms with Crippen molar-refractivity contribution in [2.75, 3.05) is 16.2 Å². The van der Waals surface area contributed by atoms with Crippen molar-refractivity contribution in [1.82, 2.24) is 0 Å². The minimum Gasteiger partial charge on any atom is -0.455 e. The number of rotatable bonds is 8. The molecule has 0 fully saturated rings. The van der Waals surface area contributed by atoms with Gasteiger partial charge >= 0.3 is 0 Å². The van der Waals surface area contributed by atoms with E-state index in [9.17, 15) is 13.2 Å². The summed E-state index contributed by atoms with van der Waals surface area (Å²) in [4.78, 5) is 13.2. The van der Waals surface area contributed by atoms with Crippen molar-refractivity contribution < 1.29 is 17.9 Å². The zero-order chi connectivity index (χ0) is 24.8. The van der Waals surface area contributed by atoms with Crippen LogP contribution in [0.5, 0.6) is 11.5 Å². The number of para-hydroxylation sites is 3. The fraction of sp³-hybridized carbons (Fsp3) is 0.0741. The molecule has 0 aliphatic rings. The average molecular weight is 507 g/mol. The number of benzene rings is 4. The van der Waals surface area contributed by atoms with Gasteiger partial charge in [0.25, 0.3) is 10.0 Å². The Morgan fingerprint density at radius 3 is 2.29 bits per heavy atom. The maximum atomic E-state index is 13.5. The van der Waals surface area contributed by atoms with E-state index in [0.29, 0.717) is 22.2 Å². The number of hydrogen-bond acceptors (Lipinski definition) is 4. The summed E-state index contributed by atoms with van der Waals surface area (Å²) < 4.78 is 34.0. The average Bonchev–Trinajstić information content (AvgIpc) is 2.84. The molecule has 1 amide bonds. The zero-order valence-corrected chi connectivity index (χ0v) is 20.5. The summed E-state index contributed by atoms with van der Waals surface area (Å²) in [7, 11) is -4.05. The molecule has 4 rings (SSSR count). The van der Waals surface area contributed by atoms with Gasteiger partial charge in [-0.25, -0.2) is 8.42 Å². The molecule has 0 saturated carbocycles. The van der Waals surface area contributed by atoms with Gasteiger partial charge in [-0.3, -0.25) is 9.10 Å². The highest BCUT2D eigenvalue weighted by atomic mass is 35.5. The minimum absolute atomic E-state index is 0.0729. The summed E-state index contributed by atoms with van der Waals surface area (Å²) in [6, 6.07) is 28.9. The molecule has 0 bridgehead atoms. The van der Waals surface area contributed by atoms with Gasteiger partial charge in [0.15, 0.2) is 5.75 Å². The fourth-order valence-corrected chi connectivity index (χ4v) is 4.98. The molecule has 0 aliphatic heterocycles. The Labute approximate surface area is 209 Å². The van der Waals surface area contributed by atoms with Gasteiger partial charge < -0.3 is 10.1 Å². The van der Waals surface area contributed by atoms with E-state index in [1.54, 1.807) is 66.7 Å². The molecule has 0 spiro atoms. The molecule has 0 heterocycles. The van der Waals surface area contributed by atoms with Crippen LogP contribution in [0.2, 0.25) is 5.02 Å². The number of amides is 1. The smallest absolute Gasteiger partial charge is 0.264 e. The third-order valence-corrected chi connectivity index (χ3v) is 7.15. The molecular formula is C27H23ClN2O4S. The van der Waals surface area contributed by atoms with Gasteiger partial charge in [0.05, 0.1) is 16.3 Å². The van der Waals surface area contributed by atoms with Gasteiger partial charge in [0, 0.05) is 5.02 Å². The molecule has 0 saturated heterocycles. The number of carbonyl (C=O) groups is 1. The van der Waals surface area contributed by atoms with E-state index in [0.717, 1.165) is 9.87 Å². The topological polar surface area (TPSA) is 75.7 Å². The van der Waals surface area contributed by atoms with Crippen molar-refractivity contribution in [3.63, 3.8) is 0 Å². The minimum atomic E-state index is -4.05. The number of aryl methyl sites for hydroxylation is 1. The van der Waals surface area contributed by atoms with E-state index in [-0.39, 0.29) is 10.6 Å². The number of ether oxygens (including phenoxy) is 1. The SMILES string of the molecule is Cc1ccc(S(=O)(=O)N(CC(=O)Nc2ccccc2Oc2ccccc2)c2cccc(Cl)c2)cc1. The van der Waals surface area contributed by atoms with E-state index < -0.39 is 22.5 Å². The van der Waals surface area contributed by atoms with Crippen molar-refractivity contribution >= 4 is 38.9 Å². The first-order valence-corrected chi connectivity index (χ1v) is 12.6. The Balaban J connectivity index is 1.62. The Morgan fingerprint density at radius 2 is 1.57 bits per heavy atom. The third-order valence-electron chi connectivity index (χ3n) is 5.12. The number of nitrogens with zero attached hydrogens (tertiary/aromatic N) is 1. The fourth-order valence-electron chi connectivity index (χ4n) is 3.38. The summed E-state index contributed by atoms with van der Waals surface area (Å²) >= 11 is 6.13. The highest BCUT2D eigenvalue weighted by Crippen LogP contribution is 2.30. The predicted octanol–water partition coefficient (Wildman–Crippen LogP) is 6.27. The first-order valence-electron chi connectivity index (χ1n) is 10.8. The van der Waals surface area contributed by atoms with Crippen LogP contribution in [-0.2, 0) is 14.8 Å².